The minimum atomic E-state index is -4.69. The van der Waals surface area contributed by atoms with Gasteiger partial charge in [0.25, 0.3) is 0 Å². The van der Waals surface area contributed by atoms with Gasteiger partial charge in [0.15, 0.2) is 0 Å². The normalized spacial score (nSPS) is 22.6. The Bertz CT molecular complexity index is 851. The molecule has 0 aliphatic carbocycles. The smallest absolute Gasteiger partial charge is 0.406 e. The van der Waals surface area contributed by atoms with E-state index in [1.807, 2.05) is 24.3 Å². The van der Waals surface area contributed by atoms with Crippen molar-refractivity contribution < 1.29 is 22.7 Å². The van der Waals surface area contributed by atoms with Crippen LogP contribution in [0.25, 0.3) is 0 Å². The number of carbonyl (C=O) groups is 1. The van der Waals surface area contributed by atoms with Crippen LogP contribution in [0.1, 0.15) is 17.5 Å². The zero-order valence-corrected chi connectivity index (χ0v) is 14.6. The SMILES string of the molecule is O=C1Nc2ccccc2CC12CCN(Cc1ccc(OC(F)(F)F)cc1)C2. The van der Waals surface area contributed by atoms with Gasteiger partial charge in [-0.05, 0) is 48.7 Å². The number of hydrogen-bond donors (Lipinski definition) is 1. The van der Waals surface area contributed by atoms with Gasteiger partial charge in [0, 0.05) is 18.8 Å². The van der Waals surface area contributed by atoms with Crippen LogP contribution in [0.3, 0.4) is 0 Å². The summed E-state index contributed by atoms with van der Waals surface area (Å²) in [6.07, 6.45) is -3.21. The molecule has 2 heterocycles. The van der Waals surface area contributed by atoms with Gasteiger partial charge in [-0.2, -0.15) is 0 Å². The Morgan fingerprint density at radius 3 is 2.59 bits per heavy atom. The fraction of sp³-hybridized carbons (Fsp3) is 0.350. The van der Waals surface area contributed by atoms with Crippen LogP contribution in [0.15, 0.2) is 48.5 Å². The van der Waals surface area contributed by atoms with Crippen molar-refractivity contribution in [2.45, 2.75) is 25.7 Å². The van der Waals surface area contributed by atoms with Gasteiger partial charge in [-0.3, -0.25) is 9.69 Å². The molecule has 2 aliphatic heterocycles. The van der Waals surface area contributed by atoms with E-state index in [-0.39, 0.29) is 11.7 Å². The molecule has 142 valence electrons. The lowest BCUT2D eigenvalue weighted by Gasteiger charge is -2.33. The Hall–Kier alpha value is -2.54. The summed E-state index contributed by atoms with van der Waals surface area (Å²) in [6, 6.07) is 13.7. The number of halogens is 3. The molecule has 2 aromatic carbocycles. The number of nitrogens with zero attached hydrogens (tertiary/aromatic N) is 1. The first-order valence-electron chi connectivity index (χ1n) is 8.79. The molecule has 27 heavy (non-hydrogen) atoms. The number of para-hydroxylation sites is 1. The average Bonchev–Trinajstić information content (AvgIpc) is 3.00. The molecule has 1 saturated heterocycles. The van der Waals surface area contributed by atoms with Crippen LogP contribution >= 0.6 is 0 Å². The molecule has 7 heteroatoms. The second-order valence-electron chi connectivity index (χ2n) is 7.22. The highest BCUT2D eigenvalue weighted by atomic mass is 19.4. The third-order valence-corrected chi connectivity index (χ3v) is 5.27. The van der Waals surface area contributed by atoms with Gasteiger partial charge >= 0.3 is 6.36 Å². The first-order valence-corrected chi connectivity index (χ1v) is 8.79. The Kier molecular flexibility index (Phi) is 4.34. The van der Waals surface area contributed by atoms with E-state index in [0.717, 1.165) is 29.8 Å². The van der Waals surface area contributed by atoms with E-state index < -0.39 is 11.8 Å². The van der Waals surface area contributed by atoms with Gasteiger partial charge < -0.3 is 10.1 Å². The van der Waals surface area contributed by atoms with Crippen molar-refractivity contribution in [2.24, 2.45) is 5.41 Å². The van der Waals surface area contributed by atoms with Crippen molar-refractivity contribution in [1.82, 2.24) is 4.90 Å². The number of rotatable bonds is 3. The number of fused-ring (bicyclic) bond motifs is 1. The lowest BCUT2D eigenvalue weighted by Crippen LogP contribution is -2.43. The third-order valence-electron chi connectivity index (χ3n) is 5.27. The first kappa shape index (κ1) is 17.9. The van der Waals surface area contributed by atoms with E-state index in [1.165, 1.54) is 12.1 Å². The number of benzene rings is 2. The van der Waals surface area contributed by atoms with Crippen LogP contribution in [0, 0.1) is 5.41 Å². The molecule has 1 atom stereocenters. The number of anilines is 1. The summed E-state index contributed by atoms with van der Waals surface area (Å²) in [6.45, 7) is 1.99. The van der Waals surface area contributed by atoms with Crippen LogP contribution in [0.5, 0.6) is 5.75 Å². The molecular weight excluding hydrogens is 357 g/mol. The maximum absolute atomic E-state index is 12.7. The Morgan fingerprint density at radius 1 is 1.11 bits per heavy atom. The first-order chi connectivity index (χ1) is 12.8. The molecule has 1 amide bonds. The maximum Gasteiger partial charge on any atom is 0.573 e. The van der Waals surface area contributed by atoms with E-state index >= 15 is 0 Å². The standard InChI is InChI=1S/C20H19F3N2O2/c21-20(22,23)27-16-7-5-14(6-8-16)12-25-10-9-19(13-25)11-15-3-1-2-4-17(15)24-18(19)26/h1-8H,9-13H2,(H,24,26). The van der Waals surface area contributed by atoms with Crippen LogP contribution < -0.4 is 10.1 Å². The summed E-state index contributed by atoms with van der Waals surface area (Å²) in [5, 5.41) is 3.02. The fourth-order valence-electron chi connectivity index (χ4n) is 3.97. The third kappa shape index (κ3) is 3.78. The Morgan fingerprint density at radius 2 is 1.85 bits per heavy atom. The van der Waals surface area contributed by atoms with Crippen LogP contribution in [0.2, 0.25) is 0 Å². The van der Waals surface area contributed by atoms with Gasteiger partial charge in [-0.25, -0.2) is 0 Å². The lowest BCUT2D eigenvalue weighted by molar-refractivity contribution is -0.274. The van der Waals surface area contributed by atoms with Gasteiger partial charge in [0.1, 0.15) is 5.75 Å². The number of carbonyl (C=O) groups excluding carboxylic acids is 1. The van der Waals surface area contributed by atoms with Crippen molar-refractivity contribution in [3.05, 3.63) is 59.7 Å². The number of amides is 1. The van der Waals surface area contributed by atoms with Crippen molar-refractivity contribution in [2.75, 3.05) is 18.4 Å². The summed E-state index contributed by atoms with van der Waals surface area (Å²) in [5.74, 6) is -0.176. The topological polar surface area (TPSA) is 41.6 Å². The number of hydrogen-bond acceptors (Lipinski definition) is 3. The van der Waals surface area contributed by atoms with Gasteiger partial charge in [-0.1, -0.05) is 30.3 Å². The molecule has 1 fully saturated rings. The largest absolute Gasteiger partial charge is 0.573 e. The highest BCUT2D eigenvalue weighted by Crippen LogP contribution is 2.41. The second-order valence-corrected chi connectivity index (χ2v) is 7.22. The van der Waals surface area contributed by atoms with E-state index in [4.69, 9.17) is 0 Å². The van der Waals surface area contributed by atoms with E-state index in [2.05, 4.69) is 15.0 Å². The predicted octanol–water partition coefficient (Wildman–Crippen LogP) is 3.97. The van der Waals surface area contributed by atoms with Crippen molar-refractivity contribution >= 4 is 11.6 Å². The summed E-state index contributed by atoms with van der Waals surface area (Å²) in [7, 11) is 0. The van der Waals surface area contributed by atoms with E-state index in [0.29, 0.717) is 19.5 Å². The Labute approximate surface area is 154 Å². The minimum Gasteiger partial charge on any atom is -0.406 e. The van der Waals surface area contributed by atoms with Crippen molar-refractivity contribution in [3.63, 3.8) is 0 Å². The van der Waals surface area contributed by atoms with Gasteiger partial charge in [0.2, 0.25) is 5.91 Å². The molecule has 0 bridgehead atoms. The highest BCUT2D eigenvalue weighted by molar-refractivity contribution is 5.98. The number of nitrogens with one attached hydrogen (secondary N) is 1. The molecule has 2 aromatic rings. The molecule has 0 saturated carbocycles. The highest BCUT2D eigenvalue weighted by Gasteiger charge is 2.47. The van der Waals surface area contributed by atoms with E-state index in [9.17, 15) is 18.0 Å². The summed E-state index contributed by atoms with van der Waals surface area (Å²) >= 11 is 0. The molecule has 0 aromatic heterocycles. The zero-order chi connectivity index (χ0) is 19.1. The van der Waals surface area contributed by atoms with E-state index in [1.54, 1.807) is 12.1 Å². The Balaban J connectivity index is 1.42. The fourth-order valence-corrected chi connectivity index (χ4v) is 3.97. The lowest BCUT2D eigenvalue weighted by atomic mass is 9.77. The van der Waals surface area contributed by atoms with Crippen LogP contribution in [-0.2, 0) is 17.8 Å². The van der Waals surface area contributed by atoms with Gasteiger partial charge in [0.05, 0.1) is 5.41 Å². The van der Waals surface area contributed by atoms with Gasteiger partial charge in [-0.15, -0.1) is 13.2 Å². The summed E-state index contributed by atoms with van der Waals surface area (Å²) in [5.41, 5.74) is 2.48. The minimum absolute atomic E-state index is 0.0534. The molecule has 2 aliphatic rings. The van der Waals surface area contributed by atoms with Crippen LogP contribution in [-0.4, -0.2) is 30.3 Å². The average molecular weight is 376 g/mol. The second kappa shape index (κ2) is 6.56. The zero-order valence-electron chi connectivity index (χ0n) is 14.6. The summed E-state index contributed by atoms with van der Waals surface area (Å²) in [4.78, 5) is 14.9. The quantitative estimate of drug-likeness (QED) is 0.881. The predicted molar refractivity (Wildman–Crippen MR) is 94.2 cm³/mol. The maximum atomic E-state index is 12.7. The summed E-state index contributed by atoms with van der Waals surface area (Å²) < 4.78 is 40.6. The monoisotopic (exact) mass is 376 g/mol. The molecule has 4 nitrogen and oxygen atoms in total. The number of ether oxygens (including phenoxy) is 1. The molecular formula is C20H19F3N2O2. The van der Waals surface area contributed by atoms with Crippen molar-refractivity contribution in [1.29, 1.82) is 0 Å². The van der Waals surface area contributed by atoms with Crippen LogP contribution in [0.4, 0.5) is 18.9 Å². The number of alkyl halides is 3. The molecule has 1 N–H and O–H groups in total. The molecule has 0 radical (unpaired) electrons. The molecule has 4 rings (SSSR count). The molecule has 1 spiro atoms. The van der Waals surface area contributed by atoms with Crippen molar-refractivity contribution in [3.8, 4) is 5.75 Å². The molecule has 1 unspecified atom stereocenters. The number of likely N-dealkylation sites (tertiary alicyclic amines) is 1.